The number of non-ortho nitro benzene ring substituents is 1. The molecule has 0 aliphatic rings. The fraction of sp³-hybridized carbons (Fsp3) is 0. The molecule has 0 saturated carbocycles. The number of pyridine rings is 1. The second-order valence-corrected chi connectivity index (χ2v) is 8.02. The quantitative estimate of drug-likeness (QED) is 0.220. The highest BCUT2D eigenvalue weighted by atomic mass is 79.9. The number of aromatic carboxylic acids is 1. The fourth-order valence-electron chi connectivity index (χ4n) is 3.48. The summed E-state index contributed by atoms with van der Waals surface area (Å²) < 4.78 is 0.541. The Morgan fingerprint density at radius 2 is 1.65 bits per heavy atom. The molecule has 3 aromatic carbocycles. The van der Waals surface area contributed by atoms with E-state index < -0.39 is 22.7 Å². The van der Waals surface area contributed by atoms with E-state index in [1.165, 1.54) is 54.7 Å². The van der Waals surface area contributed by atoms with Gasteiger partial charge in [-0.2, -0.15) is 0 Å². The number of carboxylic acids is 1. The second kappa shape index (κ2) is 9.20. The van der Waals surface area contributed by atoms with Crippen LogP contribution >= 0.6 is 15.9 Å². The van der Waals surface area contributed by atoms with Crippen LogP contribution in [0.3, 0.4) is 0 Å². The molecular formula is C24H14BrN3O6. The van der Waals surface area contributed by atoms with E-state index in [0.29, 0.717) is 15.4 Å². The number of hydrogen-bond donors (Lipinski definition) is 1. The zero-order chi connectivity index (χ0) is 24.4. The van der Waals surface area contributed by atoms with Gasteiger partial charge in [0, 0.05) is 33.8 Å². The summed E-state index contributed by atoms with van der Waals surface area (Å²) in [5, 5.41) is 21.4. The third-order valence-corrected chi connectivity index (χ3v) is 5.45. The molecule has 0 bridgehead atoms. The van der Waals surface area contributed by atoms with Crippen molar-refractivity contribution < 1.29 is 24.4 Å². The first kappa shape index (κ1) is 22.7. The van der Waals surface area contributed by atoms with Crippen LogP contribution in [-0.4, -0.2) is 32.8 Å². The van der Waals surface area contributed by atoms with Crippen LogP contribution in [-0.2, 0) is 0 Å². The molecule has 9 nitrogen and oxygen atoms in total. The van der Waals surface area contributed by atoms with Crippen LogP contribution in [0.2, 0.25) is 0 Å². The van der Waals surface area contributed by atoms with E-state index in [1.54, 1.807) is 18.2 Å². The van der Waals surface area contributed by atoms with Crippen molar-refractivity contribution in [2.75, 3.05) is 4.90 Å². The Hall–Kier alpha value is -4.44. The van der Waals surface area contributed by atoms with Crippen molar-refractivity contribution in [1.29, 1.82) is 0 Å². The number of carboxylic acid groups (broad SMARTS) is 1. The van der Waals surface area contributed by atoms with E-state index in [0.717, 1.165) is 11.0 Å². The van der Waals surface area contributed by atoms with Gasteiger partial charge in [0.05, 0.1) is 27.3 Å². The summed E-state index contributed by atoms with van der Waals surface area (Å²) in [6, 6.07) is 17.1. The lowest BCUT2D eigenvalue weighted by atomic mass is 10.0. The number of rotatable bonds is 5. The van der Waals surface area contributed by atoms with Crippen molar-refractivity contribution in [2.45, 2.75) is 0 Å². The van der Waals surface area contributed by atoms with E-state index in [-0.39, 0.29) is 28.1 Å². The molecule has 4 rings (SSSR count). The minimum absolute atomic E-state index is 0.0895. The number of fused-ring (bicyclic) bond motifs is 1. The molecule has 0 aliphatic heterocycles. The summed E-state index contributed by atoms with van der Waals surface area (Å²) in [4.78, 5) is 54.8. The van der Waals surface area contributed by atoms with E-state index in [2.05, 4.69) is 20.9 Å². The number of nitro benzene ring substituents is 1. The molecule has 1 aromatic heterocycles. The van der Waals surface area contributed by atoms with Gasteiger partial charge in [0.15, 0.2) is 0 Å². The molecule has 0 unspecified atom stereocenters. The first-order valence-electron chi connectivity index (χ1n) is 9.78. The number of carbonyl (C=O) groups excluding carboxylic acids is 2. The van der Waals surface area contributed by atoms with E-state index >= 15 is 0 Å². The molecule has 1 heterocycles. The predicted molar refractivity (Wildman–Crippen MR) is 127 cm³/mol. The third-order valence-electron chi connectivity index (χ3n) is 4.99. The molecule has 34 heavy (non-hydrogen) atoms. The number of imide groups is 1. The Labute approximate surface area is 200 Å². The van der Waals surface area contributed by atoms with Gasteiger partial charge in [-0.3, -0.25) is 24.7 Å². The largest absolute Gasteiger partial charge is 0.478 e. The minimum atomic E-state index is -1.34. The van der Waals surface area contributed by atoms with Crippen LogP contribution in [0, 0.1) is 10.1 Å². The van der Waals surface area contributed by atoms with Crippen LogP contribution in [0.5, 0.6) is 0 Å². The smallest absolute Gasteiger partial charge is 0.336 e. The molecule has 168 valence electrons. The molecule has 0 aliphatic carbocycles. The number of aromatic nitrogens is 1. The fourth-order valence-corrected chi connectivity index (χ4v) is 3.94. The van der Waals surface area contributed by atoms with Crippen molar-refractivity contribution >= 4 is 56.0 Å². The maximum absolute atomic E-state index is 13.7. The first-order valence-corrected chi connectivity index (χ1v) is 10.6. The van der Waals surface area contributed by atoms with Crippen molar-refractivity contribution in [2.24, 2.45) is 0 Å². The maximum Gasteiger partial charge on any atom is 0.336 e. The van der Waals surface area contributed by atoms with Gasteiger partial charge in [0.1, 0.15) is 0 Å². The van der Waals surface area contributed by atoms with Gasteiger partial charge >= 0.3 is 5.97 Å². The summed E-state index contributed by atoms with van der Waals surface area (Å²) >= 11 is 3.37. The molecule has 0 radical (unpaired) electrons. The normalized spacial score (nSPS) is 10.6. The van der Waals surface area contributed by atoms with Crippen molar-refractivity contribution in [3.05, 3.63) is 110 Å². The molecule has 0 fully saturated rings. The highest BCUT2D eigenvalue weighted by Gasteiger charge is 2.31. The maximum atomic E-state index is 13.7. The van der Waals surface area contributed by atoms with E-state index in [9.17, 15) is 29.6 Å². The second-order valence-electron chi connectivity index (χ2n) is 7.10. The number of nitrogens with zero attached hydrogens (tertiary/aromatic N) is 3. The van der Waals surface area contributed by atoms with Crippen molar-refractivity contribution in [3.8, 4) is 0 Å². The molecule has 0 atom stereocenters. The van der Waals surface area contributed by atoms with E-state index in [4.69, 9.17) is 0 Å². The molecule has 1 N–H and O–H groups in total. The van der Waals surface area contributed by atoms with Gasteiger partial charge in [0.2, 0.25) is 0 Å². The van der Waals surface area contributed by atoms with Gasteiger partial charge in [-0.1, -0.05) is 40.2 Å². The standard InChI is InChI=1S/C24H14BrN3O6/c25-16-11-14-6-4-10-26-21(14)20(13-16)27(22(29)15-5-3-7-17(12-15)28(33)34)23(30)18-8-1-2-9-19(18)24(31)32/h1-13H,(H,31,32). The lowest BCUT2D eigenvalue weighted by Crippen LogP contribution is -2.38. The molecule has 0 spiro atoms. The van der Waals surface area contributed by atoms with Crippen LogP contribution in [0.15, 0.2) is 83.5 Å². The predicted octanol–water partition coefficient (Wildman–Crippen LogP) is 5.09. The SMILES string of the molecule is O=C(O)c1ccccc1C(=O)N(C(=O)c1cccc([N+](=O)[O-])c1)c1cc(Br)cc2cccnc12. The Balaban J connectivity index is 1.98. The van der Waals surface area contributed by atoms with Gasteiger partial charge in [-0.25, -0.2) is 9.69 Å². The Bertz CT molecular complexity index is 1490. The molecule has 10 heteroatoms. The van der Waals surface area contributed by atoms with Crippen LogP contribution in [0.25, 0.3) is 10.9 Å². The van der Waals surface area contributed by atoms with Crippen LogP contribution < -0.4 is 4.90 Å². The molecule has 0 saturated heterocycles. The number of benzene rings is 3. The van der Waals surface area contributed by atoms with E-state index in [1.807, 2.05) is 0 Å². The minimum Gasteiger partial charge on any atom is -0.478 e. The average Bonchev–Trinajstić information content (AvgIpc) is 2.83. The number of nitro groups is 1. The Morgan fingerprint density at radius 3 is 2.35 bits per heavy atom. The topological polar surface area (TPSA) is 131 Å². The van der Waals surface area contributed by atoms with Gasteiger partial charge in [-0.05, 0) is 36.4 Å². The first-order chi connectivity index (χ1) is 16.3. The summed E-state index contributed by atoms with van der Waals surface area (Å²) in [6.07, 6.45) is 1.49. The number of carbonyl (C=O) groups is 3. The average molecular weight is 520 g/mol. The summed E-state index contributed by atoms with van der Waals surface area (Å²) in [6.45, 7) is 0. The number of amides is 2. The zero-order valence-corrected chi connectivity index (χ0v) is 18.8. The molecular weight excluding hydrogens is 506 g/mol. The number of hydrogen-bond acceptors (Lipinski definition) is 6. The van der Waals surface area contributed by atoms with Gasteiger partial charge in [0.25, 0.3) is 17.5 Å². The summed E-state index contributed by atoms with van der Waals surface area (Å²) in [7, 11) is 0. The monoisotopic (exact) mass is 519 g/mol. The van der Waals surface area contributed by atoms with Crippen LogP contribution in [0.4, 0.5) is 11.4 Å². The molecule has 4 aromatic rings. The van der Waals surface area contributed by atoms with Gasteiger partial charge < -0.3 is 5.11 Å². The zero-order valence-electron chi connectivity index (χ0n) is 17.2. The van der Waals surface area contributed by atoms with Crippen LogP contribution in [0.1, 0.15) is 31.1 Å². The lowest BCUT2D eigenvalue weighted by Gasteiger charge is -2.23. The Morgan fingerprint density at radius 1 is 0.912 bits per heavy atom. The van der Waals surface area contributed by atoms with Gasteiger partial charge in [-0.15, -0.1) is 0 Å². The highest BCUT2D eigenvalue weighted by Crippen LogP contribution is 2.32. The van der Waals surface area contributed by atoms with Crippen molar-refractivity contribution in [1.82, 2.24) is 4.98 Å². The number of halogens is 1. The highest BCUT2D eigenvalue weighted by molar-refractivity contribution is 9.10. The lowest BCUT2D eigenvalue weighted by molar-refractivity contribution is -0.384. The summed E-state index contributed by atoms with van der Waals surface area (Å²) in [5.74, 6) is -3.14. The Kier molecular flexibility index (Phi) is 6.15. The van der Waals surface area contributed by atoms with Crippen molar-refractivity contribution in [3.63, 3.8) is 0 Å². The third kappa shape index (κ3) is 4.26. The molecule has 2 amide bonds. The summed E-state index contributed by atoms with van der Waals surface area (Å²) in [5.41, 5.74) is -0.576. The number of anilines is 1.